The van der Waals surface area contributed by atoms with E-state index in [1.165, 1.54) is 13.1 Å². The number of hydrogen-bond donors (Lipinski definition) is 2. The lowest BCUT2D eigenvalue weighted by molar-refractivity contribution is -0.135. The summed E-state index contributed by atoms with van der Waals surface area (Å²) in [6.45, 7) is 0.961. The van der Waals surface area contributed by atoms with Gasteiger partial charge in [-0.25, -0.2) is 4.39 Å². The van der Waals surface area contributed by atoms with Crippen LogP contribution >= 0.6 is 0 Å². The van der Waals surface area contributed by atoms with Crippen LogP contribution in [-0.2, 0) is 4.79 Å². The third kappa shape index (κ3) is 3.01. The van der Waals surface area contributed by atoms with Crippen LogP contribution in [0.4, 0.5) is 4.39 Å². The van der Waals surface area contributed by atoms with E-state index in [1.807, 2.05) is 0 Å². The Balaban J connectivity index is 2.74. The van der Waals surface area contributed by atoms with Crippen molar-refractivity contribution < 1.29 is 19.1 Å². The molecule has 0 bridgehead atoms. The van der Waals surface area contributed by atoms with Crippen molar-refractivity contribution in [3.8, 4) is 0 Å². The molecule has 0 aromatic carbocycles. The first-order valence-corrected chi connectivity index (χ1v) is 4.13. The predicted octanol–water partition coefficient (Wildman–Crippen LogP) is 0.344. The normalized spacial score (nSPS) is 9.73. The van der Waals surface area contributed by atoms with E-state index in [0.717, 1.165) is 6.07 Å². The van der Waals surface area contributed by atoms with Gasteiger partial charge in [0, 0.05) is 6.20 Å². The number of carboxylic acid groups (broad SMARTS) is 1. The number of aromatic nitrogens is 1. The maximum absolute atomic E-state index is 13.0. The van der Waals surface area contributed by atoms with Crippen molar-refractivity contribution in [3.05, 3.63) is 29.3 Å². The lowest BCUT2D eigenvalue weighted by Gasteiger charge is -2.02. The van der Waals surface area contributed by atoms with E-state index in [0.29, 0.717) is 0 Å². The van der Waals surface area contributed by atoms with E-state index >= 15 is 0 Å². The molecule has 1 rings (SSSR count). The molecule has 0 fully saturated rings. The number of nitrogens with zero attached hydrogens (tertiary/aromatic N) is 1. The summed E-state index contributed by atoms with van der Waals surface area (Å²) in [7, 11) is 0. The largest absolute Gasteiger partial charge is 0.480 e. The van der Waals surface area contributed by atoms with Crippen molar-refractivity contribution >= 4 is 11.9 Å². The predicted molar refractivity (Wildman–Crippen MR) is 48.9 cm³/mol. The van der Waals surface area contributed by atoms with Crippen LogP contribution in [-0.4, -0.2) is 28.5 Å². The molecule has 1 aromatic heterocycles. The number of hydrogen-bond acceptors (Lipinski definition) is 3. The van der Waals surface area contributed by atoms with Crippen molar-refractivity contribution in [2.45, 2.75) is 6.92 Å². The molecule has 0 aliphatic heterocycles. The summed E-state index contributed by atoms with van der Waals surface area (Å²) in [6.07, 6.45) is 1.19. The molecule has 0 spiro atoms. The molecule has 0 saturated carbocycles. The van der Waals surface area contributed by atoms with Crippen LogP contribution in [0.2, 0.25) is 0 Å². The van der Waals surface area contributed by atoms with Gasteiger partial charge in [0.05, 0.1) is 11.3 Å². The zero-order valence-electron chi connectivity index (χ0n) is 7.95. The molecular weight excluding hydrogens is 203 g/mol. The minimum absolute atomic E-state index is 0.000602. The molecule has 80 valence electrons. The molecule has 1 aromatic rings. The average Bonchev–Trinajstić information content (AvgIpc) is 2.18. The summed E-state index contributed by atoms with van der Waals surface area (Å²) in [5.41, 5.74) is 0.184. The highest BCUT2D eigenvalue weighted by Crippen LogP contribution is 2.05. The van der Waals surface area contributed by atoms with Crippen LogP contribution in [0.1, 0.15) is 16.1 Å². The number of nitrogens with one attached hydrogen (secondary N) is 1. The number of rotatable bonds is 3. The second-order valence-corrected chi connectivity index (χ2v) is 2.87. The van der Waals surface area contributed by atoms with Gasteiger partial charge in [-0.05, 0) is 13.0 Å². The van der Waals surface area contributed by atoms with E-state index < -0.39 is 24.2 Å². The highest BCUT2D eigenvalue weighted by Gasteiger charge is 2.09. The van der Waals surface area contributed by atoms with Crippen molar-refractivity contribution in [3.63, 3.8) is 0 Å². The van der Waals surface area contributed by atoms with Gasteiger partial charge >= 0.3 is 5.97 Å². The van der Waals surface area contributed by atoms with Crippen LogP contribution in [0, 0.1) is 12.7 Å². The Morgan fingerprint density at radius 3 is 2.80 bits per heavy atom. The SMILES string of the molecule is Cc1ncc(C(=O)NCC(=O)O)cc1F. The average molecular weight is 212 g/mol. The summed E-state index contributed by atoms with van der Waals surface area (Å²) in [4.78, 5) is 25.0. The van der Waals surface area contributed by atoms with E-state index in [9.17, 15) is 14.0 Å². The maximum atomic E-state index is 13.0. The van der Waals surface area contributed by atoms with E-state index in [-0.39, 0.29) is 11.3 Å². The van der Waals surface area contributed by atoms with Crippen LogP contribution < -0.4 is 5.32 Å². The first kappa shape index (κ1) is 11.1. The van der Waals surface area contributed by atoms with Crippen LogP contribution in [0.15, 0.2) is 12.3 Å². The van der Waals surface area contributed by atoms with Crippen molar-refractivity contribution in [2.75, 3.05) is 6.54 Å². The third-order valence-corrected chi connectivity index (χ3v) is 1.69. The van der Waals surface area contributed by atoms with Crippen LogP contribution in [0.25, 0.3) is 0 Å². The molecule has 0 unspecified atom stereocenters. The molecule has 1 amide bonds. The molecule has 1 heterocycles. The number of amides is 1. The van der Waals surface area contributed by atoms with E-state index in [4.69, 9.17) is 5.11 Å². The molecule has 0 aliphatic rings. The minimum atomic E-state index is -1.16. The smallest absolute Gasteiger partial charge is 0.322 e. The van der Waals surface area contributed by atoms with Gasteiger partial charge < -0.3 is 10.4 Å². The Hall–Kier alpha value is -1.98. The fraction of sp³-hybridized carbons (Fsp3) is 0.222. The second kappa shape index (κ2) is 4.50. The van der Waals surface area contributed by atoms with Crippen molar-refractivity contribution in [2.24, 2.45) is 0 Å². The molecule has 0 radical (unpaired) electrons. The summed E-state index contributed by atoms with van der Waals surface area (Å²) >= 11 is 0. The summed E-state index contributed by atoms with van der Waals surface area (Å²) in [6, 6.07) is 1.01. The van der Waals surface area contributed by atoms with Gasteiger partial charge in [-0.15, -0.1) is 0 Å². The van der Waals surface area contributed by atoms with Gasteiger partial charge in [-0.3, -0.25) is 14.6 Å². The molecule has 0 atom stereocenters. The standard InChI is InChI=1S/C9H9FN2O3/c1-5-7(10)2-6(3-11-5)9(15)12-4-8(13)14/h2-3H,4H2,1H3,(H,12,15)(H,13,14). The molecule has 5 nitrogen and oxygen atoms in total. The molecule has 2 N–H and O–H groups in total. The molecule has 15 heavy (non-hydrogen) atoms. The fourth-order valence-corrected chi connectivity index (χ4v) is 0.888. The number of aliphatic carboxylic acids is 1. The van der Waals surface area contributed by atoms with E-state index in [1.54, 1.807) is 0 Å². The highest BCUT2D eigenvalue weighted by molar-refractivity contribution is 5.95. The second-order valence-electron chi connectivity index (χ2n) is 2.87. The van der Waals surface area contributed by atoms with Gasteiger partial charge in [0.25, 0.3) is 5.91 Å². The number of pyridine rings is 1. The van der Waals surface area contributed by atoms with E-state index in [2.05, 4.69) is 10.3 Å². The summed E-state index contributed by atoms with van der Waals surface area (Å²) in [5, 5.41) is 10.4. The first-order chi connectivity index (χ1) is 7.00. The third-order valence-electron chi connectivity index (χ3n) is 1.69. The summed E-state index contributed by atoms with van der Waals surface area (Å²) in [5.74, 6) is -2.43. The zero-order chi connectivity index (χ0) is 11.4. The Labute approximate surface area is 84.9 Å². The first-order valence-electron chi connectivity index (χ1n) is 4.13. The number of carbonyl (C=O) groups excluding carboxylic acids is 1. The topological polar surface area (TPSA) is 79.3 Å². The van der Waals surface area contributed by atoms with Gasteiger partial charge in [0.1, 0.15) is 12.4 Å². The number of halogens is 1. The minimum Gasteiger partial charge on any atom is -0.480 e. The Bertz CT molecular complexity index is 406. The van der Waals surface area contributed by atoms with Gasteiger partial charge in [-0.2, -0.15) is 0 Å². The van der Waals surface area contributed by atoms with Crippen LogP contribution in [0.5, 0.6) is 0 Å². The molecule has 0 aliphatic carbocycles. The number of carbonyl (C=O) groups is 2. The maximum Gasteiger partial charge on any atom is 0.322 e. The zero-order valence-corrected chi connectivity index (χ0v) is 7.95. The summed E-state index contributed by atoms with van der Waals surface area (Å²) < 4.78 is 13.0. The Morgan fingerprint density at radius 1 is 1.60 bits per heavy atom. The van der Waals surface area contributed by atoms with Gasteiger partial charge in [-0.1, -0.05) is 0 Å². The van der Waals surface area contributed by atoms with Gasteiger partial charge in [0.15, 0.2) is 0 Å². The Morgan fingerprint density at radius 2 is 2.27 bits per heavy atom. The monoisotopic (exact) mass is 212 g/mol. The molecule has 0 saturated heterocycles. The molecule has 6 heteroatoms. The Kier molecular flexibility index (Phi) is 3.33. The van der Waals surface area contributed by atoms with Crippen LogP contribution in [0.3, 0.4) is 0 Å². The lowest BCUT2D eigenvalue weighted by atomic mass is 10.2. The quantitative estimate of drug-likeness (QED) is 0.757. The highest BCUT2D eigenvalue weighted by atomic mass is 19.1. The van der Waals surface area contributed by atoms with Gasteiger partial charge in [0.2, 0.25) is 0 Å². The molecular formula is C9H9FN2O3. The number of carboxylic acids is 1. The lowest BCUT2D eigenvalue weighted by Crippen LogP contribution is -2.29. The fourth-order valence-electron chi connectivity index (χ4n) is 0.888. The van der Waals surface area contributed by atoms with Crippen molar-refractivity contribution in [1.82, 2.24) is 10.3 Å². The van der Waals surface area contributed by atoms with Crippen molar-refractivity contribution in [1.29, 1.82) is 0 Å². The number of aryl methyl sites for hydroxylation is 1.